The van der Waals surface area contributed by atoms with Gasteiger partial charge in [0.2, 0.25) is 17.7 Å². The molecule has 14 heteroatoms. The number of H-pyrrole nitrogens is 1. The van der Waals surface area contributed by atoms with Crippen LogP contribution in [0.5, 0.6) is 5.75 Å². The van der Waals surface area contributed by atoms with Gasteiger partial charge >= 0.3 is 0 Å². The summed E-state index contributed by atoms with van der Waals surface area (Å²) in [5, 5.41) is 13.0. The summed E-state index contributed by atoms with van der Waals surface area (Å²) in [6, 6.07) is 11.0. The Bertz CT molecular complexity index is 2030. The quantitative estimate of drug-likeness (QED) is 0.222. The summed E-state index contributed by atoms with van der Waals surface area (Å²) in [6.45, 7) is 3.42. The summed E-state index contributed by atoms with van der Waals surface area (Å²) in [7, 11) is 5.11. The first kappa shape index (κ1) is 35.2. The maximum Gasteiger partial charge on any atom is 0.276 e. The number of aryl methyl sites for hydroxylation is 1. The maximum absolute atomic E-state index is 15.7. The largest absolute Gasteiger partial charge is 0.496 e. The number of aromatic nitrogens is 3. The van der Waals surface area contributed by atoms with E-state index in [1.165, 1.54) is 17.7 Å². The predicted octanol–water partition coefficient (Wildman–Crippen LogP) is 3.63. The first-order valence-corrected chi connectivity index (χ1v) is 17.9. The molecule has 5 heterocycles. The second kappa shape index (κ2) is 14.8. The molecule has 3 amide bonds. The molecule has 1 unspecified atom stereocenters. The summed E-state index contributed by atoms with van der Waals surface area (Å²) in [4.78, 5) is 56.1. The van der Waals surface area contributed by atoms with Crippen LogP contribution in [0.1, 0.15) is 44.1 Å². The summed E-state index contributed by atoms with van der Waals surface area (Å²) < 4.78 is 22.9. The minimum absolute atomic E-state index is 0.0278. The van der Waals surface area contributed by atoms with E-state index >= 15 is 4.39 Å². The van der Waals surface area contributed by atoms with Crippen molar-refractivity contribution in [3.8, 4) is 16.9 Å². The molecule has 3 fully saturated rings. The van der Waals surface area contributed by atoms with Gasteiger partial charge in [-0.05, 0) is 74.1 Å². The highest BCUT2D eigenvalue weighted by atomic mass is 19.1. The highest BCUT2D eigenvalue weighted by Crippen LogP contribution is 2.34. The number of piperidine rings is 3. The van der Waals surface area contributed by atoms with Gasteiger partial charge in [-0.15, -0.1) is 0 Å². The molecule has 274 valence electrons. The fourth-order valence-corrected chi connectivity index (χ4v) is 7.83. The number of halogens is 1. The number of carbonyl (C=O) groups is 3. The van der Waals surface area contributed by atoms with Gasteiger partial charge in [-0.25, -0.2) is 4.39 Å². The third-order valence-corrected chi connectivity index (χ3v) is 11.0. The Hall–Kier alpha value is -5.24. The number of methoxy groups -OCH3 is 1. The molecule has 3 N–H and O–H groups in total. The number of amides is 3. The van der Waals surface area contributed by atoms with Crippen LogP contribution in [0.15, 0.2) is 53.6 Å². The zero-order valence-electron chi connectivity index (χ0n) is 29.8. The average Bonchev–Trinajstić information content (AvgIpc) is 3.66. The number of nitrogens with zero attached hydrogens (tertiary/aromatic N) is 5. The Kier molecular flexibility index (Phi) is 10.00. The number of rotatable bonds is 9. The van der Waals surface area contributed by atoms with E-state index < -0.39 is 6.04 Å². The highest BCUT2D eigenvalue weighted by molar-refractivity contribution is 6.01. The zero-order valence-corrected chi connectivity index (χ0v) is 29.8. The first-order valence-electron chi connectivity index (χ1n) is 17.9. The number of aromatic amines is 1. The molecule has 3 saturated heterocycles. The van der Waals surface area contributed by atoms with Gasteiger partial charge in [0.1, 0.15) is 23.1 Å². The molecule has 7 rings (SSSR count). The number of anilines is 2. The standard InChI is InChI=1S/C38H45FN8O5/c1-44-21-29(28-20-40-43-35(28)38(44)51)24-18-31(39)30(33(19-24)52-3)22-46-14-12-26(13-15-46)45(2)37(50)23-10-16-47(17-11-23)27-6-4-25(5-7-27)41-32-8-9-34(48)42-36(32)49/h4-7,18-21,23,26,32,41H,8-17,22H2,1-3H3,(H,40,43)(H,42,48,49). The number of benzene rings is 2. The number of hydrogen-bond donors (Lipinski definition) is 3. The van der Waals surface area contributed by atoms with Gasteiger partial charge in [0.05, 0.1) is 13.3 Å². The molecule has 0 aliphatic carbocycles. The minimum atomic E-state index is -0.422. The molecule has 13 nitrogen and oxygen atoms in total. The lowest BCUT2D eigenvalue weighted by Gasteiger charge is -2.40. The van der Waals surface area contributed by atoms with Crippen LogP contribution in [-0.4, -0.2) is 94.7 Å². The van der Waals surface area contributed by atoms with Crippen molar-refractivity contribution >= 4 is 40.0 Å². The first-order chi connectivity index (χ1) is 25.1. The summed E-state index contributed by atoms with van der Waals surface area (Å²) in [6.07, 6.45) is 7.23. The Morgan fingerprint density at radius 2 is 1.77 bits per heavy atom. The smallest absolute Gasteiger partial charge is 0.276 e. The Morgan fingerprint density at radius 3 is 2.46 bits per heavy atom. The van der Waals surface area contributed by atoms with Crippen LogP contribution in [0.3, 0.4) is 0 Å². The number of carbonyl (C=O) groups excluding carboxylic acids is 3. The van der Waals surface area contributed by atoms with E-state index in [1.54, 1.807) is 19.4 Å². The van der Waals surface area contributed by atoms with Crippen molar-refractivity contribution in [3.05, 3.63) is 70.5 Å². The third-order valence-electron chi connectivity index (χ3n) is 11.0. The predicted molar refractivity (Wildman–Crippen MR) is 196 cm³/mol. The molecule has 3 aliphatic rings. The molecule has 4 aromatic rings. The van der Waals surface area contributed by atoms with Gasteiger partial charge in [-0.3, -0.25) is 34.5 Å². The lowest BCUT2D eigenvalue weighted by molar-refractivity contribution is -0.138. The molecule has 0 spiro atoms. The van der Waals surface area contributed by atoms with Crippen LogP contribution >= 0.6 is 0 Å². The molecule has 0 radical (unpaired) electrons. The minimum Gasteiger partial charge on any atom is -0.496 e. The Morgan fingerprint density at radius 1 is 1.04 bits per heavy atom. The van der Waals surface area contributed by atoms with Crippen molar-refractivity contribution in [1.82, 2.24) is 29.9 Å². The van der Waals surface area contributed by atoms with Crippen LogP contribution in [0.2, 0.25) is 0 Å². The normalized spacial score (nSPS) is 19.2. The Labute approximate surface area is 301 Å². The fraction of sp³-hybridized carbons (Fsp3) is 0.447. The van der Waals surface area contributed by atoms with Crippen molar-refractivity contribution < 1.29 is 23.5 Å². The molecule has 52 heavy (non-hydrogen) atoms. The number of imide groups is 1. The van der Waals surface area contributed by atoms with E-state index in [4.69, 9.17) is 4.74 Å². The van der Waals surface area contributed by atoms with Gasteiger partial charge in [0.15, 0.2) is 0 Å². The molecule has 2 aromatic carbocycles. The lowest BCUT2D eigenvalue weighted by atomic mass is 9.93. The second-order valence-corrected chi connectivity index (χ2v) is 14.2. The van der Waals surface area contributed by atoms with Crippen LogP contribution < -0.4 is 25.8 Å². The molecule has 1 atom stereocenters. The van der Waals surface area contributed by atoms with Crippen LogP contribution in [0.25, 0.3) is 22.0 Å². The van der Waals surface area contributed by atoms with Gasteiger partial charge in [-0.1, -0.05) is 0 Å². The summed E-state index contributed by atoms with van der Waals surface area (Å²) in [5.41, 5.74) is 3.83. The summed E-state index contributed by atoms with van der Waals surface area (Å²) >= 11 is 0. The third kappa shape index (κ3) is 7.11. The fourth-order valence-electron chi connectivity index (χ4n) is 7.83. The number of likely N-dealkylation sites (tertiary alicyclic amines) is 1. The van der Waals surface area contributed by atoms with E-state index in [0.29, 0.717) is 52.7 Å². The number of nitrogens with one attached hydrogen (secondary N) is 3. The van der Waals surface area contributed by atoms with Crippen LogP contribution in [0.4, 0.5) is 15.8 Å². The van der Waals surface area contributed by atoms with E-state index in [0.717, 1.165) is 63.2 Å². The van der Waals surface area contributed by atoms with E-state index in [2.05, 4.69) is 30.6 Å². The van der Waals surface area contributed by atoms with Crippen molar-refractivity contribution in [3.63, 3.8) is 0 Å². The number of hydrogen-bond acceptors (Lipinski definition) is 9. The van der Waals surface area contributed by atoms with Crippen LogP contribution in [-0.2, 0) is 28.0 Å². The molecule has 3 aliphatic heterocycles. The van der Waals surface area contributed by atoms with E-state index in [1.807, 2.05) is 42.3 Å². The maximum atomic E-state index is 15.7. The average molecular weight is 713 g/mol. The molecule has 0 saturated carbocycles. The van der Waals surface area contributed by atoms with E-state index in [-0.39, 0.29) is 41.1 Å². The number of fused-ring (bicyclic) bond motifs is 1. The van der Waals surface area contributed by atoms with Crippen molar-refractivity contribution in [2.75, 3.05) is 50.6 Å². The second-order valence-electron chi connectivity index (χ2n) is 14.2. The highest BCUT2D eigenvalue weighted by Gasteiger charge is 2.33. The number of pyridine rings is 1. The van der Waals surface area contributed by atoms with Gasteiger partial charge in [0, 0.05) is 99.3 Å². The molecular formula is C38H45FN8O5. The van der Waals surface area contributed by atoms with Crippen molar-refractivity contribution in [2.45, 2.75) is 57.2 Å². The van der Waals surface area contributed by atoms with E-state index in [9.17, 15) is 19.2 Å². The molecule has 0 bridgehead atoms. The number of ether oxygens (including phenoxy) is 1. The lowest BCUT2D eigenvalue weighted by Crippen LogP contribution is -2.48. The van der Waals surface area contributed by atoms with Crippen LogP contribution in [0, 0.1) is 11.7 Å². The zero-order chi connectivity index (χ0) is 36.5. The van der Waals surface area contributed by atoms with Gasteiger partial charge in [-0.2, -0.15) is 5.10 Å². The van der Waals surface area contributed by atoms with Crippen molar-refractivity contribution in [1.29, 1.82) is 0 Å². The molecule has 2 aromatic heterocycles. The SMILES string of the molecule is COc1cc(-c2cn(C)c(=O)c3[nH]ncc23)cc(F)c1CN1CCC(N(C)C(=O)C2CCN(c3ccc(NC4CCC(=O)NC4=O)cc3)CC2)CC1. The van der Waals surface area contributed by atoms with Crippen molar-refractivity contribution in [2.24, 2.45) is 13.0 Å². The Balaban J connectivity index is 0.905. The topological polar surface area (TPSA) is 145 Å². The monoisotopic (exact) mass is 712 g/mol. The molecular weight excluding hydrogens is 667 g/mol. The summed E-state index contributed by atoms with van der Waals surface area (Å²) in [5.74, 6) is -0.293. The van der Waals surface area contributed by atoms with Gasteiger partial charge in [0.25, 0.3) is 5.56 Å². The van der Waals surface area contributed by atoms with Gasteiger partial charge < -0.3 is 24.4 Å².